The molecule has 0 aromatic heterocycles. The average molecular weight is 416 g/mol. The molecule has 8 heteroatoms. The minimum absolute atomic E-state index is 0.0633. The molecule has 0 bridgehead atoms. The summed E-state index contributed by atoms with van der Waals surface area (Å²) < 4.78 is 5.17. The molecule has 0 atom stereocenters. The van der Waals surface area contributed by atoms with Crippen LogP contribution in [0.2, 0.25) is 0 Å². The number of carbonyl (C=O) groups is 3. The van der Waals surface area contributed by atoms with Crippen molar-refractivity contribution in [3.05, 3.63) is 29.8 Å². The van der Waals surface area contributed by atoms with Crippen molar-refractivity contribution in [3.63, 3.8) is 0 Å². The highest BCUT2D eigenvalue weighted by Crippen LogP contribution is 2.29. The van der Waals surface area contributed by atoms with Gasteiger partial charge in [-0.05, 0) is 50.7 Å². The minimum Gasteiger partial charge on any atom is -0.452 e. The maximum absolute atomic E-state index is 12.5. The zero-order valence-corrected chi connectivity index (χ0v) is 17.1. The summed E-state index contributed by atoms with van der Waals surface area (Å²) in [5.74, 6) is -0.769. The zero-order valence-electron chi connectivity index (χ0n) is 16.3. The Morgan fingerprint density at radius 2 is 1.83 bits per heavy atom. The topological polar surface area (TPSA) is 99.5 Å². The van der Waals surface area contributed by atoms with Crippen molar-refractivity contribution >= 4 is 29.5 Å². The van der Waals surface area contributed by atoms with Crippen molar-refractivity contribution in [3.8, 4) is 6.07 Å². The lowest BCUT2D eigenvalue weighted by molar-refractivity contribution is -0.127. The minimum atomic E-state index is -0.840. The maximum atomic E-state index is 12.5. The summed E-state index contributed by atoms with van der Waals surface area (Å²) in [6.07, 6.45) is 5.10. The molecule has 2 aliphatic rings. The Bertz CT molecular complexity index is 808. The second-order valence-corrected chi connectivity index (χ2v) is 8.42. The Kier molecular flexibility index (Phi) is 7.15. The summed E-state index contributed by atoms with van der Waals surface area (Å²) in [6, 6.07) is 9.07. The van der Waals surface area contributed by atoms with Crippen LogP contribution in [0.25, 0.3) is 0 Å². The van der Waals surface area contributed by atoms with Gasteiger partial charge in [0, 0.05) is 18.0 Å². The number of benzene rings is 1. The quantitative estimate of drug-likeness (QED) is 0.543. The van der Waals surface area contributed by atoms with Crippen LogP contribution in [-0.4, -0.2) is 53.7 Å². The molecule has 7 nitrogen and oxygen atoms in total. The molecule has 1 N–H and O–H groups in total. The predicted octanol–water partition coefficient (Wildman–Crippen LogP) is 2.51. The fourth-order valence-electron chi connectivity index (χ4n) is 3.71. The van der Waals surface area contributed by atoms with Crippen molar-refractivity contribution in [2.45, 2.75) is 49.0 Å². The first kappa shape index (κ1) is 21.2. The lowest BCUT2D eigenvalue weighted by atomic mass is 10.00. The van der Waals surface area contributed by atoms with E-state index in [-0.39, 0.29) is 11.7 Å². The Labute approximate surface area is 174 Å². The van der Waals surface area contributed by atoms with E-state index in [0.717, 1.165) is 38.8 Å². The van der Waals surface area contributed by atoms with Gasteiger partial charge in [-0.3, -0.25) is 9.59 Å². The number of hydrogen-bond donors (Lipinski definition) is 1. The van der Waals surface area contributed by atoms with Gasteiger partial charge < -0.3 is 15.0 Å². The summed E-state index contributed by atoms with van der Waals surface area (Å²) in [5.41, 5.74) is -0.511. The van der Waals surface area contributed by atoms with Crippen molar-refractivity contribution in [2.24, 2.45) is 0 Å². The number of hydrogen-bond acceptors (Lipinski definition) is 6. The van der Waals surface area contributed by atoms with E-state index in [9.17, 15) is 19.6 Å². The Hall–Kier alpha value is -2.53. The fourth-order valence-corrected chi connectivity index (χ4v) is 4.66. The first-order chi connectivity index (χ1) is 14.0. The fraction of sp³-hybridized carbons (Fsp3) is 0.524. The van der Waals surface area contributed by atoms with Gasteiger partial charge in [-0.15, -0.1) is 11.8 Å². The molecular weight excluding hydrogens is 390 g/mol. The number of esters is 1. The highest BCUT2D eigenvalue weighted by molar-refractivity contribution is 8.00. The van der Waals surface area contributed by atoms with Gasteiger partial charge in [-0.2, -0.15) is 5.26 Å². The van der Waals surface area contributed by atoms with E-state index in [0.29, 0.717) is 23.3 Å². The first-order valence-electron chi connectivity index (χ1n) is 9.92. The lowest BCUT2D eigenvalue weighted by Gasteiger charge is -2.21. The van der Waals surface area contributed by atoms with Crippen LogP contribution >= 0.6 is 11.8 Å². The lowest BCUT2D eigenvalue weighted by Crippen LogP contribution is -2.46. The third-order valence-corrected chi connectivity index (χ3v) is 6.36. The van der Waals surface area contributed by atoms with Crippen molar-refractivity contribution in [1.29, 1.82) is 5.26 Å². The normalized spacial score (nSPS) is 17.6. The van der Waals surface area contributed by atoms with E-state index in [1.807, 2.05) is 4.90 Å². The van der Waals surface area contributed by atoms with Crippen molar-refractivity contribution < 1.29 is 19.1 Å². The summed E-state index contributed by atoms with van der Waals surface area (Å²) in [5, 5.41) is 12.0. The number of nitrogens with one attached hydrogen (secondary N) is 1. The summed E-state index contributed by atoms with van der Waals surface area (Å²) in [6.45, 7) is 1.15. The predicted molar refractivity (Wildman–Crippen MR) is 108 cm³/mol. The van der Waals surface area contributed by atoms with Gasteiger partial charge in [0.25, 0.3) is 5.91 Å². The van der Waals surface area contributed by atoms with Gasteiger partial charge in [0.15, 0.2) is 6.61 Å². The number of nitrogens with zero attached hydrogens (tertiary/aromatic N) is 2. The molecule has 2 amide bonds. The summed E-state index contributed by atoms with van der Waals surface area (Å²) in [7, 11) is 0. The zero-order chi connectivity index (χ0) is 20.7. The smallest absolute Gasteiger partial charge is 0.339 e. The van der Waals surface area contributed by atoms with Crippen LogP contribution in [-0.2, 0) is 14.3 Å². The second kappa shape index (κ2) is 9.79. The average Bonchev–Trinajstić information content (AvgIpc) is 3.43. The number of ether oxygens (including phenoxy) is 1. The van der Waals surface area contributed by atoms with E-state index >= 15 is 0 Å². The maximum Gasteiger partial charge on any atom is 0.339 e. The van der Waals surface area contributed by atoms with E-state index < -0.39 is 24.0 Å². The number of amides is 2. The number of nitriles is 1. The van der Waals surface area contributed by atoms with Gasteiger partial charge in [0.2, 0.25) is 5.91 Å². The molecule has 1 saturated carbocycles. The highest BCUT2D eigenvalue weighted by Gasteiger charge is 2.35. The van der Waals surface area contributed by atoms with Crippen LogP contribution in [0, 0.1) is 11.3 Å². The summed E-state index contributed by atoms with van der Waals surface area (Å²) >= 11 is 1.30. The molecule has 1 heterocycles. The number of rotatable bonds is 7. The number of carbonyl (C=O) groups excluding carboxylic acids is 3. The van der Waals surface area contributed by atoms with Crippen molar-refractivity contribution in [1.82, 2.24) is 10.2 Å². The number of thioether (sulfide) groups is 1. The molecule has 154 valence electrons. The number of likely N-dealkylation sites (tertiary alicyclic amines) is 1. The van der Waals surface area contributed by atoms with Gasteiger partial charge in [-0.25, -0.2) is 4.79 Å². The highest BCUT2D eigenvalue weighted by atomic mass is 32.2. The molecule has 29 heavy (non-hydrogen) atoms. The molecular formula is C21H25N3O4S. The molecule has 1 aliphatic heterocycles. The first-order valence-corrected chi connectivity index (χ1v) is 10.9. The molecule has 0 radical (unpaired) electrons. The van der Waals surface area contributed by atoms with Gasteiger partial charge in [0.05, 0.1) is 17.4 Å². The molecule has 1 aromatic carbocycles. The molecule has 2 fully saturated rings. The van der Waals surface area contributed by atoms with Gasteiger partial charge >= 0.3 is 5.97 Å². The molecule has 1 aliphatic carbocycles. The van der Waals surface area contributed by atoms with Gasteiger partial charge in [-0.1, -0.05) is 12.1 Å². The van der Waals surface area contributed by atoms with E-state index in [1.165, 1.54) is 11.8 Å². The Balaban J connectivity index is 1.53. The van der Waals surface area contributed by atoms with Crippen molar-refractivity contribution in [2.75, 3.05) is 25.4 Å². The molecule has 0 spiro atoms. The van der Waals surface area contributed by atoms with Crippen LogP contribution in [0.15, 0.2) is 29.2 Å². The van der Waals surface area contributed by atoms with Crippen LogP contribution in [0.3, 0.4) is 0 Å². The third kappa shape index (κ3) is 5.51. The van der Waals surface area contributed by atoms with Crippen LogP contribution in [0.1, 0.15) is 48.9 Å². The third-order valence-electron chi connectivity index (χ3n) is 5.30. The molecule has 3 rings (SSSR count). The summed E-state index contributed by atoms with van der Waals surface area (Å²) in [4.78, 5) is 39.4. The van der Waals surface area contributed by atoms with E-state index in [2.05, 4.69) is 11.4 Å². The molecule has 1 aromatic rings. The van der Waals surface area contributed by atoms with Crippen LogP contribution < -0.4 is 5.32 Å². The van der Waals surface area contributed by atoms with E-state index in [4.69, 9.17) is 4.74 Å². The molecule has 0 unspecified atom stereocenters. The van der Waals surface area contributed by atoms with Crippen LogP contribution in [0.5, 0.6) is 0 Å². The largest absolute Gasteiger partial charge is 0.452 e. The molecule has 1 saturated heterocycles. The van der Waals surface area contributed by atoms with Crippen LogP contribution in [0.4, 0.5) is 0 Å². The Morgan fingerprint density at radius 3 is 2.52 bits per heavy atom. The monoisotopic (exact) mass is 415 g/mol. The Morgan fingerprint density at radius 1 is 1.14 bits per heavy atom. The second-order valence-electron chi connectivity index (χ2n) is 7.40. The van der Waals surface area contributed by atoms with E-state index in [1.54, 1.807) is 24.3 Å². The standard InChI is InChI=1S/C21H25N3O4S/c22-15-21(9-3-4-10-21)23-18(25)13-28-20(27)16-7-1-2-8-17(16)29-14-19(26)24-11-5-6-12-24/h1-2,7-8H,3-6,9-14H2,(H,23,25). The van der Waals surface area contributed by atoms with Gasteiger partial charge in [0.1, 0.15) is 5.54 Å². The SMILES string of the molecule is N#CC1(NC(=O)COC(=O)c2ccccc2SCC(=O)N2CCCC2)CCCC1.